The standard InChI is InChI=1S/C21H32N6O/c1-16-11-17(2)27(24-16)10-7-21(28)23-20-15-26(14-19(20)13-25(3)4)12-18-5-8-22-9-6-18/h5-6,8-9,11,19-20H,7,10,12-15H2,1-4H3,(H,23,28). The maximum absolute atomic E-state index is 12.6. The molecule has 0 saturated carbocycles. The van der Waals surface area contributed by atoms with E-state index in [-0.39, 0.29) is 11.9 Å². The number of aromatic nitrogens is 3. The van der Waals surface area contributed by atoms with Crippen LogP contribution in [-0.2, 0) is 17.9 Å². The van der Waals surface area contributed by atoms with Gasteiger partial charge in [0.15, 0.2) is 0 Å². The third-order valence-corrected chi connectivity index (χ3v) is 5.27. The molecule has 7 heteroatoms. The lowest BCUT2D eigenvalue weighted by Crippen LogP contribution is -2.43. The topological polar surface area (TPSA) is 66.3 Å². The fourth-order valence-corrected chi connectivity index (χ4v) is 4.04. The van der Waals surface area contributed by atoms with E-state index in [1.54, 1.807) is 0 Å². The Bertz CT molecular complexity index is 772. The van der Waals surface area contributed by atoms with Crippen molar-refractivity contribution in [3.63, 3.8) is 0 Å². The second-order valence-corrected chi connectivity index (χ2v) is 8.15. The predicted molar refractivity (Wildman–Crippen MR) is 110 cm³/mol. The average Bonchev–Trinajstić information content (AvgIpc) is 3.15. The van der Waals surface area contributed by atoms with Gasteiger partial charge in [-0.3, -0.25) is 19.4 Å². The first-order valence-corrected chi connectivity index (χ1v) is 9.97. The van der Waals surface area contributed by atoms with Crippen LogP contribution < -0.4 is 5.32 Å². The van der Waals surface area contributed by atoms with Crippen molar-refractivity contribution in [2.24, 2.45) is 5.92 Å². The number of hydrogen-bond acceptors (Lipinski definition) is 5. The van der Waals surface area contributed by atoms with Crippen LogP contribution in [0.3, 0.4) is 0 Å². The van der Waals surface area contributed by atoms with Crippen LogP contribution in [0.4, 0.5) is 0 Å². The largest absolute Gasteiger partial charge is 0.352 e. The fourth-order valence-electron chi connectivity index (χ4n) is 4.04. The molecule has 1 saturated heterocycles. The first kappa shape index (κ1) is 20.5. The van der Waals surface area contributed by atoms with Gasteiger partial charge >= 0.3 is 0 Å². The smallest absolute Gasteiger partial charge is 0.222 e. The molecular formula is C21H32N6O. The van der Waals surface area contributed by atoms with Gasteiger partial charge in [-0.25, -0.2) is 0 Å². The van der Waals surface area contributed by atoms with Crippen molar-refractivity contribution in [3.05, 3.63) is 47.5 Å². The van der Waals surface area contributed by atoms with Crippen LogP contribution in [0.15, 0.2) is 30.6 Å². The lowest BCUT2D eigenvalue weighted by Gasteiger charge is -2.23. The summed E-state index contributed by atoms with van der Waals surface area (Å²) in [6.07, 6.45) is 4.12. The maximum atomic E-state index is 12.6. The molecule has 1 aliphatic heterocycles. The summed E-state index contributed by atoms with van der Waals surface area (Å²) in [6.45, 7) is 8.36. The molecule has 1 aliphatic rings. The minimum atomic E-state index is 0.104. The molecule has 1 amide bonds. The molecule has 0 aliphatic carbocycles. The van der Waals surface area contributed by atoms with E-state index in [9.17, 15) is 4.79 Å². The van der Waals surface area contributed by atoms with Crippen LogP contribution in [0.25, 0.3) is 0 Å². The second kappa shape index (κ2) is 9.30. The molecule has 2 aromatic heterocycles. The summed E-state index contributed by atoms with van der Waals surface area (Å²) in [5.74, 6) is 0.529. The highest BCUT2D eigenvalue weighted by Gasteiger charge is 2.33. The first-order chi connectivity index (χ1) is 13.4. The molecule has 0 spiro atoms. The van der Waals surface area contributed by atoms with Gasteiger partial charge in [0, 0.05) is 69.2 Å². The number of nitrogens with zero attached hydrogens (tertiary/aromatic N) is 5. The zero-order chi connectivity index (χ0) is 20.1. The Balaban J connectivity index is 1.56. The summed E-state index contributed by atoms with van der Waals surface area (Å²) in [5.41, 5.74) is 3.35. The molecule has 1 fully saturated rings. The van der Waals surface area contributed by atoms with Gasteiger partial charge in [-0.15, -0.1) is 0 Å². The molecule has 152 valence electrons. The van der Waals surface area contributed by atoms with E-state index in [2.05, 4.69) is 51.4 Å². The van der Waals surface area contributed by atoms with Crippen molar-refractivity contribution in [1.29, 1.82) is 0 Å². The lowest BCUT2D eigenvalue weighted by molar-refractivity contribution is -0.122. The van der Waals surface area contributed by atoms with Crippen molar-refractivity contribution >= 4 is 5.91 Å². The highest BCUT2D eigenvalue weighted by Crippen LogP contribution is 2.20. The van der Waals surface area contributed by atoms with Crippen molar-refractivity contribution in [2.45, 2.75) is 39.4 Å². The third-order valence-electron chi connectivity index (χ3n) is 5.27. The Morgan fingerprint density at radius 3 is 2.64 bits per heavy atom. The molecule has 0 bridgehead atoms. The zero-order valence-electron chi connectivity index (χ0n) is 17.4. The van der Waals surface area contributed by atoms with E-state index in [1.807, 2.05) is 37.0 Å². The first-order valence-electron chi connectivity index (χ1n) is 9.97. The van der Waals surface area contributed by atoms with Crippen molar-refractivity contribution < 1.29 is 4.79 Å². The van der Waals surface area contributed by atoms with Crippen molar-refractivity contribution in [2.75, 3.05) is 33.7 Å². The van der Waals surface area contributed by atoms with Gasteiger partial charge in [0.05, 0.1) is 5.69 Å². The van der Waals surface area contributed by atoms with Crippen LogP contribution in [0, 0.1) is 19.8 Å². The Morgan fingerprint density at radius 1 is 1.25 bits per heavy atom. The van der Waals surface area contributed by atoms with Crippen LogP contribution in [0.1, 0.15) is 23.4 Å². The maximum Gasteiger partial charge on any atom is 0.222 e. The Kier molecular flexibility index (Phi) is 6.80. The molecule has 3 heterocycles. The monoisotopic (exact) mass is 384 g/mol. The van der Waals surface area contributed by atoms with Crippen LogP contribution in [0.2, 0.25) is 0 Å². The molecule has 28 heavy (non-hydrogen) atoms. The summed E-state index contributed by atoms with van der Waals surface area (Å²) in [4.78, 5) is 21.3. The van der Waals surface area contributed by atoms with Gasteiger partial charge in [0.1, 0.15) is 0 Å². The minimum Gasteiger partial charge on any atom is -0.352 e. The normalized spacial score (nSPS) is 20.0. The Hall–Kier alpha value is -2.25. The summed E-state index contributed by atoms with van der Waals surface area (Å²) in [6, 6.07) is 6.33. The number of amides is 1. The molecule has 0 radical (unpaired) electrons. The Morgan fingerprint density at radius 2 is 2.00 bits per heavy atom. The molecule has 7 nitrogen and oxygen atoms in total. The van der Waals surface area contributed by atoms with Crippen LogP contribution >= 0.6 is 0 Å². The molecular weight excluding hydrogens is 352 g/mol. The van der Waals surface area contributed by atoms with E-state index >= 15 is 0 Å². The predicted octanol–water partition coefficient (Wildman–Crippen LogP) is 1.46. The van der Waals surface area contributed by atoms with E-state index in [1.165, 1.54) is 5.56 Å². The number of aryl methyl sites for hydroxylation is 3. The third kappa shape index (κ3) is 5.62. The second-order valence-electron chi connectivity index (χ2n) is 8.15. The SMILES string of the molecule is Cc1cc(C)n(CCC(=O)NC2CN(Cc3ccncc3)CC2CN(C)C)n1. The average molecular weight is 385 g/mol. The minimum absolute atomic E-state index is 0.104. The molecule has 1 N–H and O–H groups in total. The van der Waals surface area contributed by atoms with E-state index < -0.39 is 0 Å². The number of nitrogens with one attached hydrogen (secondary N) is 1. The van der Waals surface area contributed by atoms with Gasteiger partial charge in [0.2, 0.25) is 5.91 Å². The summed E-state index contributed by atoms with van der Waals surface area (Å²) in [7, 11) is 4.18. The molecule has 2 atom stereocenters. The van der Waals surface area contributed by atoms with Gasteiger partial charge < -0.3 is 10.2 Å². The van der Waals surface area contributed by atoms with Gasteiger partial charge in [-0.05, 0) is 51.7 Å². The number of likely N-dealkylation sites (tertiary alicyclic amines) is 1. The zero-order valence-corrected chi connectivity index (χ0v) is 17.4. The van der Waals surface area contributed by atoms with Gasteiger partial charge in [-0.2, -0.15) is 5.10 Å². The van der Waals surface area contributed by atoms with Gasteiger partial charge in [-0.1, -0.05) is 0 Å². The van der Waals surface area contributed by atoms with Crippen molar-refractivity contribution in [3.8, 4) is 0 Å². The number of carbonyl (C=O) groups excluding carboxylic acids is 1. The lowest BCUT2D eigenvalue weighted by atomic mass is 10.0. The van der Waals surface area contributed by atoms with Crippen molar-refractivity contribution in [1.82, 2.24) is 29.9 Å². The van der Waals surface area contributed by atoms with Crippen LogP contribution in [0.5, 0.6) is 0 Å². The number of carbonyl (C=O) groups is 1. The van der Waals surface area contributed by atoms with E-state index in [0.29, 0.717) is 18.9 Å². The number of hydrogen-bond donors (Lipinski definition) is 1. The quantitative estimate of drug-likeness (QED) is 0.747. The van der Waals surface area contributed by atoms with E-state index in [0.717, 1.165) is 37.6 Å². The highest BCUT2D eigenvalue weighted by molar-refractivity contribution is 5.76. The number of rotatable bonds is 8. The Labute approximate surface area is 167 Å². The molecule has 0 aromatic carbocycles. The fraction of sp³-hybridized carbons (Fsp3) is 0.571. The number of pyridine rings is 1. The highest BCUT2D eigenvalue weighted by atomic mass is 16.1. The molecule has 2 aromatic rings. The van der Waals surface area contributed by atoms with Crippen LogP contribution in [-0.4, -0.2) is 70.2 Å². The van der Waals surface area contributed by atoms with Gasteiger partial charge in [0.25, 0.3) is 0 Å². The summed E-state index contributed by atoms with van der Waals surface area (Å²) < 4.78 is 1.91. The molecule has 2 unspecified atom stereocenters. The summed E-state index contributed by atoms with van der Waals surface area (Å²) in [5, 5.41) is 7.73. The molecule has 3 rings (SSSR count). The van der Waals surface area contributed by atoms with E-state index in [4.69, 9.17) is 0 Å². The summed E-state index contributed by atoms with van der Waals surface area (Å²) >= 11 is 0.